The summed E-state index contributed by atoms with van der Waals surface area (Å²) in [6.07, 6.45) is 0.575. The van der Waals surface area contributed by atoms with Crippen LogP contribution < -0.4 is 5.32 Å². The molecule has 0 radical (unpaired) electrons. The van der Waals surface area contributed by atoms with E-state index in [1.165, 1.54) is 11.8 Å². The smallest absolute Gasteiger partial charge is 0.277 e. The van der Waals surface area contributed by atoms with Crippen LogP contribution in [0.1, 0.15) is 18.4 Å². The van der Waals surface area contributed by atoms with Gasteiger partial charge in [-0.05, 0) is 35.4 Å². The van der Waals surface area contributed by atoms with Crippen molar-refractivity contribution in [1.29, 1.82) is 0 Å². The van der Waals surface area contributed by atoms with Gasteiger partial charge in [-0.3, -0.25) is 4.79 Å². The van der Waals surface area contributed by atoms with Crippen molar-refractivity contribution in [3.05, 3.63) is 84.3 Å². The van der Waals surface area contributed by atoms with Crippen LogP contribution in [0.4, 0.5) is 5.69 Å². The van der Waals surface area contributed by atoms with E-state index in [1.54, 1.807) is 0 Å². The SMILES string of the molecule is C[C@@H](Sc1nnc(Cc2ccccc2)o1)C(=O)Nc1ccc2ccccc2c1. The molecule has 1 aromatic heterocycles. The molecule has 0 aliphatic rings. The van der Waals surface area contributed by atoms with Crippen LogP contribution in [0.5, 0.6) is 0 Å². The minimum atomic E-state index is -0.364. The monoisotopic (exact) mass is 389 g/mol. The molecule has 140 valence electrons. The van der Waals surface area contributed by atoms with Crippen molar-refractivity contribution in [3.8, 4) is 0 Å². The number of fused-ring (bicyclic) bond motifs is 1. The van der Waals surface area contributed by atoms with Crippen molar-refractivity contribution in [2.45, 2.75) is 23.8 Å². The lowest BCUT2D eigenvalue weighted by molar-refractivity contribution is -0.115. The second kappa shape index (κ2) is 8.27. The summed E-state index contributed by atoms with van der Waals surface area (Å²) in [6, 6.07) is 23.8. The Hall–Kier alpha value is -3.12. The number of hydrogen-bond acceptors (Lipinski definition) is 5. The van der Waals surface area contributed by atoms with E-state index in [2.05, 4.69) is 15.5 Å². The number of rotatable bonds is 6. The Morgan fingerprint density at radius 2 is 1.75 bits per heavy atom. The van der Waals surface area contributed by atoms with E-state index in [1.807, 2.05) is 79.7 Å². The van der Waals surface area contributed by atoms with Crippen LogP contribution in [0.25, 0.3) is 10.8 Å². The van der Waals surface area contributed by atoms with Crippen LogP contribution in [-0.2, 0) is 11.2 Å². The number of nitrogens with one attached hydrogen (secondary N) is 1. The van der Waals surface area contributed by atoms with Crippen LogP contribution in [0.3, 0.4) is 0 Å². The highest BCUT2D eigenvalue weighted by Gasteiger charge is 2.18. The van der Waals surface area contributed by atoms with Gasteiger partial charge < -0.3 is 9.73 Å². The van der Waals surface area contributed by atoms with E-state index in [-0.39, 0.29) is 11.2 Å². The fourth-order valence-electron chi connectivity index (χ4n) is 2.84. The second-order valence-electron chi connectivity index (χ2n) is 6.44. The molecule has 0 aliphatic carbocycles. The first kappa shape index (κ1) is 18.3. The number of thioether (sulfide) groups is 1. The molecule has 0 aliphatic heterocycles. The van der Waals surface area contributed by atoms with Gasteiger partial charge in [-0.1, -0.05) is 72.4 Å². The van der Waals surface area contributed by atoms with Crippen molar-refractivity contribution < 1.29 is 9.21 Å². The topological polar surface area (TPSA) is 68.0 Å². The van der Waals surface area contributed by atoms with E-state index in [4.69, 9.17) is 4.42 Å². The number of amides is 1. The first-order chi connectivity index (χ1) is 13.7. The Morgan fingerprint density at radius 3 is 2.57 bits per heavy atom. The quantitative estimate of drug-likeness (QED) is 0.474. The molecule has 5 nitrogen and oxygen atoms in total. The first-order valence-electron chi connectivity index (χ1n) is 9.00. The van der Waals surface area contributed by atoms with E-state index >= 15 is 0 Å². The molecule has 1 atom stereocenters. The Bertz CT molecular complexity index is 1100. The highest BCUT2D eigenvalue weighted by atomic mass is 32.2. The standard InChI is InChI=1S/C22H19N3O2S/c1-15(21(26)23-19-12-11-17-9-5-6-10-18(17)14-19)28-22-25-24-20(27-22)13-16-7-3-2-4-8-16/h2-12,14-15H,13H2,1H3,(H,23,26)/t15-/m1/s1. The van der Waals surface area contributed by atoms with E-state index in [9.17, 15) is 4.79 Å². The Labute approximate surface area is 167 Å². The molecule has 1 amide bonds. The summed E-state index contributed by atoms with van der Waals surface area (Å²) < 4.78 is 5.68. The van der Waals surface area contributed by atoms with Crippen LogP contribution in [0.15, 0.2) is 82.4 Å². The Balaban J connectivity index is 1.37. The van der Waals surface area contributed by atoms with Gasteiger partial charge in [0.25, 0.3) is 5.22 Å². The summed E-state index contributed by atoms with van der Waals surface area (Å²) in [4.78, 5) is 12.5. The minimum Gasteiger partial charge on any atom is -0.416 e. The van der Waals surface area contributed by atoms with Crippen LogP contribution >= 0.6 is 11.8 Å². The van der Waals surface area contributed by atoms with Crippen LogP contribution in [0.2, 0.25) is 0 Å². The van der Waals surface area contributed by atoms with Gasteiger partial charge in [-0.15, -0.1) is 10.2 Å². The number of carbonyl (C=O) groups excluding carboxylic acids is 1. The summed E-state index contributed by atoms with van der Waals surface area (Å²) in [5.74, 6) is 0.430. The molecule has 0 spiro atoms. The lowest BCUT2D eigenvalue weighted by Crippen LogP contribution is -2.22. The van der Waals surface area contributed by atoms with Gasteiger partial charge in [-0.25, -0.2) is 0 Å². The summed E-state index contributed by atoms with van der Waals surface area (Å²) in [7, 11) is 0. The molecule has 1 N–H and O–H groups in total. The fourth-order valence-corrected chi connectivity index (χ4v) is 3.54. The number of carbonyl (C=O) groups is 1. The number of anilines is 1. The molecule has 0 bridgehead atoms. The predicted octanol–water partition coefficient (Wildman–Crippen LogP) is 4.93. The molecule has 0 fully saturated rings. The minimum absolute atomic E-state index is 0.108. The average Bonchev–Trinajstić information content (AvgIpc) is 3.15. The van der Waals surface area contributed by atoms with Crippen LogP contribution in [0, 0.1) is 0 Å². The van der Waals surface area contributed by atoms with Gasteiger partial charge in [0.2, 0.25) is 11.8 Å². The van der Waals surface area contributed by atoms with Gasteiger partial charge in [0.1, 0.15) is 0 Å². The summed E-state index contributed by atoms with van der Waals surface area (Å²) >= 11 is 1.25. The van der Waals surface area contributed by atoms with E-state index in [0.717, 1.165) is 22.0 Å². The van der Waals surface area contributed by atoms with Crippen molar-refractivity contribution in [1.82, 2.24) is 10.2 Å². The molecule has 4 rings (SSSR count). The molecule has 3 aromatic carbocycles. The molecule has 4 aromatic rings. The van der Waals surface area contributed by atoms with Gasteiger partial charge in [0.15, 0.2) is 0 Å². The van der Waals surface area contributed by atoms with Gasteiger partial charge in [0.05, 0.1) is 11.7 Å². The van der Waals surface area contributed by atoms with Crippen molar-refractivity contribution >= 4 is 34.1 Å². The van der Waals surface area contributed by atoms with E-state index < -0.39 is 0 Å². The third kappa shape index (κ3) is 4.40. The lowest BCUT2D eigenvalue weighted by atomic mass is 10.1. The maximum absolute atomic E-state index is 12.5. The average molecular weight is 389 g/mol. The summed E-state index contributed by atoms with van der Waals surface area (Å²) in [5, 5.41) is 13.3. The zero-order valence-electron chi connectivity index (χ0n) is 15.3. The first-order valence-corrected chi connectivity index (χ1v) is 9.88. The second-order valence-corrected chi connectivity index (χ2v) is 7.73. The number of hydrogen-bond donors (Lipinski definition) is 1. The molecular weight excluding hydrogens is 370 g/mol. The normalized spacial score (nSPS) is 12.0. The number of benzene rings is 3. The van der Waals surface area contributed by atoms with Crippen molar-refractivity contribution in [2.75, 3.05) is 5.32 Å². The maximum atomic E-state index is 12.5. The number of aromatic nitrogens is 2. The molecular formula is C22H19N3O2S. The third-order valence-corrected chi connectivity index (χ3v) is 5.24. The number of nitrogens with zero attached hydrogens (tertiary/aromatic N) is 2. The van der Waals surface area contributed by atoms with Crippen molar-refractivity contribution in [2.24, 2.45) is 0 Å². The molecule has 1 heterocycles. The molecule has 28 heavy (non-hydrogen) atoms. The Morgan fingerprint density at radius 1 is 1.00 bits per heavy atom. The zero-order valence-corrected chi connectivity index (χ0v) is 16.1. The van der Waals surface area contributed by atoms with Gasteiger partial charge in [0, 0.05) is 5.69 Å². The maximum Gasteiger partial charge on any atom is 0.277 e. The molecule has 6 heteroatoms. The van der Waals surface area contributed by atoms with Gasteiger partial charge in [-0.2, -0.15) is 0 Å². The molecule has 0 saturated heterocycles. The van der Waals surface area contributed by atoms with Crippen LogP contribution in [-0.4, -0.2) is 21.4 Å². The molecule has 0 saturated carbocycles. The lowest BCUT2D eigenvalue weighted by Gasteiger charge is -2.10. The highest BCUT2D eigenvalue weighted by Crippen LogP contribution is 2.25. The zero-order chi connectivity index (χ0) is 19.3. The third-order valence-electron chi connectivity index (χ3n) is 4.31. The largest absolute Gasteiger partial charge is 0.416 e. The van der Waals surface area contributed by atoms with E-state index in [0.29, 0.717) is 17.5 Å². The van der Waals surface area contributed by atoms with Crippen molar-refractivity contribution in [3.63, 3.8) is 0 Å². The van der Waals surface area contributed by atoms with Gasteiger partial charge >= 0.3 is 0 Å². The Kier molecular flexibility index (Phi) is 5.39. The fraction of sp³-hybridized carbons (Fsp3) is 0.136. The summed E-state index contributed by atoms with van der Waals surface area (Å²) in [6.45, 7) is 1.82. The summed E-state index contributed by atoms with van der Waals surface area (Å²) in [5.41, 5.74) is 1.87. The highest BCUT2D eigenvalue weighted by molar-refractivity contribution is 8.00. The molecule has 0 unspecified atom stereocenters. The predicted molar refractivity (Wildman–Crippen MR) is 111 cm³/mol.